The van der Waals surface area contributed by atoms with Gasteiger partial charge in [0.1, 0.15) is 11.2 Å². The molecule has 0 atom stereocenters. The van der Waals surface area contributed by atoms with E-state index in [4.69, 9.17) is 0 Å². The van der Waals surface area contributed by atoms with Crippen LogP contribution in [0, 0.1) is 0 Å². The maximum atomic E-state index is 12.7. The minimum Gasteiger partial charge on any atom is -0.321 e. The highest BCUT2D eigenvalue weighted by molar-refractivity contribution is 7.98. The Morgan fingerprint density at radius 2 is 2.04 bits per heavy atom. The molecule has 0 saturated heterocycles. The van der Waals surface area contributed by atoms with Gasteiger partial charge in [0, 0.05) is 23.0 Å². The summed E-state index contributed by atoms with van der Waals surface area (Å²) in [4.78, 5) is 30.5. The Morgan fingerprint density at radius 3 is 2.79 bits per heavy atom. The van der Waals surface area contributed by atoms with E-state index in [-0.39, 0.29) is 11.1 Å². The van der Waals surface area contributed by atoms with Crippen molar-refractivity contribution in [1.29, 1.82) is 0 Å². The highest BCUT2D eigenvalue weighted by Gasteiger charge is 2.16. The van der Waals surface area contributed by atoms with E-state index in [0.29, 0.717) is 17.9 Å². The fourth-order valence-electron chi connectivity index (χ4n) is 2.60. The normalized spacial score (nSPS) is 10.8. The second-order valence-corrected chi connectivity index (χ2v) is 6.03. The Bertz CT molecular complexity index is 966. The molecule has 0 spiro atoms. The molecule has 1 N–H and O–H groups in total. The van der Waals surface area contributed by atoms with Crippen LogP contribution in [0.2, 0.25) is 0 Å². The number of pyridine rings is 2. The van der Waals surface area contributed by atoms with Gasteiger partial charge in [-0.2, -0.15) is 0 Å². The van der Waals surface area contributed by atoms with Crippen molar-refractivity contribution in [2.75, 3.05) is 11.6 Å². The monoisotopic (exact) mass is 339 g/mol. The number of nitrogens with one attached hydrogen (secondary N) is 1. The van der Waals surface area contributed by atoms with Crippen molar-refractivity contribution in [1.82, 2.24) is 9.55 Å². The highest BCUT2D eigenvalue weighted by atomic mass is 32.2. The molecule has 2 aromatic heterocycles. The van der Waals surface area contributed by atoms with E-state index in [1.165, 1.54) is 16.3 Å². The number of fused-ring (bicyclic) bond motifs is 1. The third-order valence-electron chi connectivity index (χ3n) is 3.76. The number of para-hydroxylation sites is 1. The molecule has 0 bridgehead atoms. The summed E-state index contributed by atoms with van der Waals surface area (Å²) in [7, 11) is 0. The smallest absolute Gasteiger partial charge is 0.265 e. The lowest BCUT2D eigenvalue weighted by Gasteiger charge is -2.12. The van der Waals surface area contributed by atoms with Gasteiger partial charge in [0.15, 0.2) is 0 Å². The van der Waals surface area contributed by atoms with Gasteiger partial charge in [0.25, 0.3) is 11.5 Å². The van der Waals surface area contributed by atoms with Gasteiger partial charge in [-0.15, -0.1) is 11.8 Å². The molecule has 24 heavy (non-hydrogen) atoms. The summed E-state index contributed by atoms with van der Waals surface area (Å²) < 4.78 is 1.52. The van der Waals surface area contributed by atoms with E-state index in [9.17, 15) is 9.59 Å². The molecular formula is C18H17N3O2S. The first-order valence-corrected chi connectivity index (χ1v) is 8.81. The van der Waals surface area contributed by atoms with Crippen LogP contribution >= 0.6 is 11.8 Å². The van der Waals surface area contributed by atoms with Crippen LogP contribution in [-0.2, 0) is 6.54 Å². The van der Waals surface area contributed by atoms with E-state index >= 15 is 0 Å². The Kier molecular flexibility index (Phi) is 4.66. The molecule has 0 radical (unpaired) electrons. The molecule has 0 aliphatic carbocycles. The zero-order valence-corrected chi connectivity index (χ0v) is 14.3. The molecule has 122 valence electrons. The van der Waals surface area contributed by atoms with Gasteiger partial charge in [0.2, 0.25) is 0 Å². The van der Waals surface area contributed by atoms with E-state index in [0.717, 1.165) is 10.3 Å². The summed E-state index contributed by atoms with van der Waals surface area (Å²) in [5, 5.41) is 3.61. The predicted molar refractivity (Wildman–Crippen MR) is 97.9 cm³/mol. The van der Waals surface area contributed by atoms with Crippen molar-refractivity contribution in [3.05, 3.63) is 64.6 Å². The standard InChI is InChI=1S/C18H17N3O2S/c1-3-21-16-12(7-6-10-19-16)11-13(18(21)23)17(22)20-14-8-4-5-9-15(14)24-2/h4-11H,3H2,1-2H3,(H,20,22). The summed E-state index contributed by atoms with van der Waals surface area (Å²) in [5.41, 5.74) is 1.07. The Hall–Kier alpha value is -2.60. The summed E-state index contributed by atoms with van der Waals surface area (Å²) in [6.45, 7) is 2.31. The van der Waals surface area contributed by atoms with Crippen LogP contribution in [0.3, 0.4) is 0 Å². The number of thioether (sulfide) groups is 1. The van der Waals surface area contributed by atoms with Crippen LogP contribution in [0.5, 0.6) is 0 Å². The van der Waals surface area contributed by atoms with Crippen molar-refractivity contribution >= 4 is 34.4 Å². The minimum absolute atomic E-state index is 0.119. The number of hydrogen-bond acceptors (Lipinski definition) is 4. The lowest BCUT2D eigenvalue weighted by Crippen LogP contribution is -2.29. The van der Waals surface area contributed by atoms with Crippen molar-refractivity contribution in [3.8, 4) is 0 Å². The van der Waals surface area contributed by atoms with Gasteiger partial charge in [-0.25, -0.2) is 4.98 Å². The molecule has 3 aromatic rings. The number of hydrogen-bond donors (Lipinski definition) is 1. The van der Waals surface area contributed by atoms with Crippen molar-refractivity contribution in [2.24, 2.45) is 0 Å². The summed E-state index contributed by atoms with van der Waals surface area (Å²) >= 11 is 1.54. The maximum absolute atomic E-state index is 12.7. The molecule has 0 aliphatic heterocycles. The van der Waals surface area contributed by atoms with Gasteiger partial charge in [-0.3, -0.25) is 14.2 Å². The summed E-state index contributed by atoms with van der Waals surface area (Å²) in [6.07, 6.45) is 3.58. The van der Waals surface area contributed by atoms with Crippen LogP contribution in [-0.4, -0.2) is 21.7 Å². The highest BCUT2D eigenvalue weighted by Crippen LogP contribution is 2.25. The number of anilines is 1. The molecule has 1 aromatic carbocycles. The number of rotatable bonds is 4. The fraction of sp³-hybridized carbons (Fsp3) is 0.167. The molecule has 0 saturated carbocycles. The fourth-order valence-corrected chi connectivity index (χ4v) is 3.15. The third kappa shape index (κ3) is 2.92. The molecule has 0 unspecified atom stereocenters. The lowest BCUT2D eigenvalue weighted by molar-refractivity contribution is 0.102. The number of benzene rings is 1. The predicted octanol–water partition coefficient (Wildman–Crippen LogP) is 3.39. The first kappa shape index (κ1) is 16.3. The molecule has 1 amide bonds. The zero-order chi connectivity index (χ0) is 17.1. The van der Waals surface area contributed by atoms with E-state index < -0.39 is 5.91 Å². The second-order valence-electron chi connectivity index (χ2n) is 5.18. The topological polar surface area (TPSA) is 64.0 Å². The van der Waals surface area contributed by atoms with Gasteiger partial charge in [0.05, 0.1) is 5.69 Å². The first-order valence-electron chi connectivity index (χ1n) is 7.58. The number of carbonyl (C=O) groups is 1. The minimum atomic E-state index is -0.408. The quantitative estimate of drug-likeness (QED) is 0.740. The molecule has 5 nitrogen and oxygen atoms in total. The molecular weight excluding hydrogens is 322 g/mol. The molecule has 6 heteroatoms. The van der Waals surface area contributed by atoms with E-state index in [2.05, 4.69) is 10.3 Å². The van der Waals surface area contributed by atoms with Crippen molar-refractivity contribution < 1.29 is 4.79 Å². The Labute approximate surface area is 143 Å². The number of carbonyl (C=O) groups excluding carboxylic acids is 1. The van der Waals surface area contributed by atoms with Gasteiger partial charge < -0.3 is 5.32 Å². The maximum Gasteiger partial charge on any atom is 0.265 e. The van der Waals surface area contributed by atoms with Gasteiger partial charge in [-0.05, 0) is 43.5 Å². The number of aryl methyl sites for hydroxylation is 1. The number of nitrogens with zero attached hydrogens (tertiary/aromatic N) is 2. The Morgan fingerprint density at radius 1 is 1.25 bits per heavy atom. The first-order chi connectivity index (χ1) is 11.7. The van der Waals surface area contributed by atoms with Crippen molar-refractivity contribution in [3.63, 3.8) is 0 Å². The summed E-state index contributed by atoms with van der Waals surface area (Å²) in [6, 6.07) is 12.8. The number of amides is 1. The number of aromatic nitrogens is 2. The SMILES string of the molecule is CCn1c(=O)c(C(=O)Nc2ccccc2SC)cc2cccnc21. The van der Waals surface area contributed by atoms with E-state index in [1.54, 1.807) is 18.3 Å². The van der Waals surface area contributed by atoms with E-state index in [1.807, 2.05) is 43.5 Å². The zero-order valence-electron chi connectivity index (χ0n) is 13.4. The van der Waals surface area contributed by atoms with Crippen LogP contribution in [0.15, 0.2) is 58.4 Å². The molecule has 0 fully saturated rings. The molecule has 3 rings (SSSR count). The third-order valence-corrected chi connectivity index (χ3v) is 4.56. The van der Waals surface area contributed by atoms with Crippen LogP contribution in [0.25, 0.3) is 11.0 Å². The second kappa shape index (κ2) is 6.88. The van der Waals surface area contributed by atoms with Gasteiger partial charge in [-0.1, -0.05) is 12.1 Å². The largest absolute Gasteiger partial charge is 0.321 e. The average Bonchev–Trinajstić information content (AvgIpc) is 2.61. The summed E-state index contributed by atoms with van der Waals surface area (Å²) in [5.74, 6) is -0.408. The average molecular weight is 339 g/mol. The lowest BCUT2D eigenvalue weighted by atomic mass is 10.2. The van der Waals surface area contributed by atoms with Crippen LogP contribution in [0.1, 0.15) is 17.3 Å². The van der Waals surface area contributed by atoms with Crippen LogP contribution in [0.4, 0.5) is 5.69 Å². The van der Waals surface area contributed by atoms with Crippen LogP contribution < -0.4 is 10.9 Å². The van der Waals surface area contributed by atoms with Crippen molar-refractivity contribution in [2.45, 2.75) is 18.4 Å². The molecule has 2 heterocycles. The Balaban J connectivity index is 2.07. The van der Waals surface area contributed by atoms with Gasteiger partial charge >= 0.3 is 0 Å². The molecule has 0 aliphatic rings.